The Morgan fingerprint density at radius 3 is 0.813 bits per heavy atom. The van der Waals surface area contributed by atoms with Gasteiger partial charge in [-0.2, -0.15) is 0 Å². The highest BCUT2D eigenvalue weighted by Crippen LogP contribution is 2.63. The first-order chi connectivity index (χ1) is 37.2. The fourth-order valence-corrected chi connectivity index (χ4v) is 12.2. The molecule has 2 nitrogen and oxygen atoms in total. The molecule has 14 rings (SSSR count). The highest BCUT2D eigenvalue weighted by molar-refractivity contribution is 5.98. The molecule has 352 valence electrons. The second-order valence-corrected chi connectivity index (χ2v) is 19.6. The molecule has 12 aromatic rings. The monoisotopic (exact) mass is 954 g/mol. The predicted molar refractivity (Wildman–Crippen MR) is 314 cm³/mol. The Bertz CT molecular complexity index is 3920. The lowest BCUT2D eigenvalue weighted by molar-refractivity contribution is 0.793. The molecule has 0 amide bonds. The summed E-state index contributed by atoms with van der Waals surface area (Å²) in [6.07, 6.45) is 0. The molecule has 0 saturated carbocycles. The van der Waals surface area contributed by atoms with Crippen LogP contribution in [0.3, 0.4) is 0 Å². The molecule has 0 radical (unpaired) electrons. The van der Waals surface area contributed by atoms with Gasteiger partial charge >= 0.3 is 0 Å². The molecule has 2 aliphatic carbocycles. The minimum absolute atomic E-state index is 0.440. The van der Waals surface area contributed by atoms with E-state index in [0.29, 0.717) is 0 Å². The van der Waals surface area contributed by atoms with E-state index in [-0.39, 0.29) is 0 Å². The Balaban J connectivity index is 0.902. The van der Waals surface area contributed by atoms with Crippen LogP contribution in [0.1, 0.15) is 22.3 Å². The first-order valence-corrected chi connectivity index (χ1v) is 25.9. The molecule has 1 spiro atoms. The van der Waals surface area contributed by atoms with Crippen LogP contribution in [-0.4, -0.2) is 0 Å². The lowest BCUT2D eigenvalue weighted by atomic mass is 9.70. The molecular weight excluding hydrogens is 905 g/mol. The third kappa shape index (κ3) is 7.33. The average molecular weight is 955 g/mol. The molecule has 0 heterocycles. The summed E-state index contributed by atoms with van der Waals surface area (Å²) < 4.78 is 0. The van der Waals surface area contributed by atoms with E-state index in [0.717, 1.165) is 45.3 Å². The quantitative estimate of drug-likeness (QED) is 0.135. The summed E-state index contributed by atoms with van der Waals surface area (Å²) in [5, 5.41) is 0. The Labute approximate surface area is 439 Å². The first kappa shape index (κ1) is 44.0. The molecule has 0 fully saturated rings. The summed E-state index contributed by atoms with van der Waals surface area (Å²) >= 11 is 0. The fourth-order valence-electron chi connectivity index (χ4n) is 12.2. The lowest BCUT2D eigenvalue weighted by Crippen LogP contribution is -2.26. The van der Waals surface area contributed by atoms with Gasteiger partial charge in [-0.15, -0.1) is 0 Å². The van der Waals surface area contributed by atoms with Crippen molar-refractivity contribution in [2.75, 3.05) is 9.80 Å². The van der Waals surface area contributed by atoms with Gasteiger partial charge in [0.1, 0.15) is 0 Å². The predicted octanol–water partition coefficient (Wildman–Crippen LogP) is 19.6. The summed E-state index contributed by atoms with van der Waals surface area (Å²) in [6.45, 7) is 0. The van der Waals surface area contributed by atoms with Crippen molar-refractivity contribution in [2.45, 2.75) is 5.41 Å². The Kier molecular flexibility index (Phi) is 10.8. The van der Waals surface area contributed by atoms with Crippen molar-refractivity contribution in [3.63, 3.8) is 0 Å². The lowest BCUT2D eigenvalue weighted by Gasteiger charge is -2.32. The van der Waals surface area contributed by atoms with E-state index in [9.17, 15) is 0 Å². The SMILES string of the molecule is c1ccc(-c2cc(-c3ccc(N(c4ccccc4)c4ccc5c(c4)C4(c6ccccc6-c6ccccc64)c4ccccc4-5)cc3)c(-c3ccccc3)cc2-c2ccc(N(c3ccccc3)c3ccccc3)cc2)cc1. The van der Waals surface area contributed by atoms with Gasteiger partial charge < -0.3 is 9.80 Å². The number of anilines is 6. The normalized spacial score (nSPS) is 12.4. The number of hydrogen-bond acceptors (Lipinski definition) is 2. The zero-order valence-corrected chi connectivity index (χ0v) is 41.3. The third-order valence-electron chi connectivity index (χ3n) is 15.5. The van der Waals surface area contributed by atoms with Crippen LogP contribution in [0.4, 0.5) is 34.1 Å². The molecule has 0 aliphatic heterocycles. The largest absolute Gasteiger partial charge is 0.311 e. The maximum atomic E-state index is 2.47. The second-order valence-electron chi connectivity index (χ2n) is 19.6. The Morgan fingerprint density at radius 2 is 0.440 bits per heavy atom. The van der Waals surface area contributed by atoms with Crippen molar-refractivity contribution >= 4 is 34.1 Å². The van der Waals surface area contributed by atoms with E-state index in [4.69, 9.17) is 0 Å². The highest BCUT2D eigenvalue weighted by Gasteiger charge is 2.51. The van der Waals surface area contributed by atoms with Gasteiger partial charge in [0.05, 0.1) is 5.41 Å². The van der Waals surface area contributed by atoms with Crippen molar-refractivity contribution in [1.82, 2.24) is 0 Å². The van der Waals surface area contributed by atoms with Gasteiger partial charge in [0.15, 0.2) is 0 Å². The molecular formula is C73H50N2. The summed E-state index contributed by atoms with van der Waals surface area (Å²) in [5.74, 6) is 0. The van der Waals surface area contributed by atoms with E-state index >= 15 is 0 Å². The summed E-state index contributed by atoms with van der Waals surface area (Å²) in [4.78, 5) is 4.74. The number of nitrogens with zero attached hydrogens (tertiary/aromatic N) is 2. The fraction of sp³-hybridized carbons (Fsp3) is 0.0137. The van der Waals surface area contributed by atoms with Crippen molar-refractivity contribution in [3.8, 4) is 66.8 Å². The van der Waals surface area contributed by atoms with Crippen molar-refractivity contribution in [3.05, 3.63) is 326 Å². The third-order valence-corrected chi connectivity index (χ3v) is 15.5. The van der Waals surface area contributed by atoms with E-state index in [1.165, 1.54) is 77.9 Å². The van der Waals surface area contributed by atoms with E-state index < -0.39 is 5.41 Å². The van der Waals surface area contributed by atoms with Crippen molar-refractivity contribution in [1.29, 1.82) is 0 Å². The van der Waals surface area contributed by atoms with Gasteiger partial charge in [-0.25, -0.2) is 0 Å². The number of hydrogen-bond donors (Lipinski definition) is 0. The van der Waals surface area contributed by atoms with Crippen LogP contribution in [0.5, 0.6) is 0 Å². The standard InChI is InChI=1S/C73H50N2/c1-6-22-51(23-7-1)65-50-68(66(52-24-8-2-9-25-52)49-67(65)53-38-42-58(43-39-53)74(55-26-10-3-11-27-55)56-28-12-4-13-29-56)54-40-44-59(45-41-54)75(57-30-14-5-15-31-57)60-46-47-64-63-34-18-21-37-71(63)73(72(64)48-60)69-35-19-16-32-61(69)62-33-17-20-36-70(62)73/h1-50H. The van der Waals surface area contributed by atoms with E-state index in [1.807, 2.05) is 0 Å². The van der Waals surface area contributed by atoms with Gasteiger partial charge in [0.2, 0.25) is 0 Å². The molecule has 2 heteroatoms. The zero-order chi connectivity index (χ0) is 49.7. The van der Waals surface area contributed by atoms with Gasteiger partial charge in [-0.05, 0) is 174 Å². The molecule has 0 N–H and O–H groups in total. The number of fused-ring (bicyclic) bond motifs is 10. The Hall–Kier alpha value is -9.76. The smallest absolute Gasteiger partial charge is 0.0726 e. The van der Waals surface area contributed by atoms with Gasteiger partial charge in [0.25, 0.3) is 0 Å². The Morgan fingerprint density at radius 1 is 0.173 bits per heavy atom. The van der Waals surface area contributed by atoms with Crippen LogP contribution in [-0.2, 0) is 5.41 Å². The molecule has 75 heavy (non-hydrogen) atoms. The number of rotatable bonds is 10. The van der Waals surface area contributed by atoms with Crippen molar-refractivity contribution < 1.29 is 0 Å². The zero-order valence-electron chi connectivity index (χ0n) is 41.3. The molecule has 0 saturated heterocycles. The van der Waals surface area contributed by atoms with Crippen molar-refractivity contribution in [2.24, 2.45) is 0 Å². The number of benzene rings is 12. The highest BCUT2D eigenvalue weighted by atomic mass is 15.1. The summed E-state index contributed by atoms with van der Waals surface area (Å²) in [5.41, 5.74) is 26.1. The maximum Gasteiger partial charge on any atom is 0.0726 e. The van der Waals surface area contributed by atoms with Crippen LogP contribution < -0.4 is 9.80 Å². The summed E-state index contributed by atoms with van der Waals surface area (Å²) in [7, 11) is 0. The van der Waals surface area contributed by atoms with E-state index in [2.05, 4.69) is 313 Å². The summed E-state index contributed by atoms with van der Waals surface area (Å²) in [6, 6.07) is 111. The molecule has 0 atom stereocenters. The first-order valence-electron chi connectivity index (χ1n) is 25.9. The van der Waals surface area contributed by atoms with Crippen LogP contribution in [0.25, 0.3) is 66.8 Å². The molecule has 0 unspecified atom stereocenters. The molecule has 0 bridgehead atoms. The van der Waals surface area contributed by atoms with Crippen LogP contribution in [0.2, 0.25) is 0 Å². The molecule has 12 aromatic carbocycles. The van der Waals surface area contributed by atoms with E-state index in [1.54, 1.807) is 0 Å². The number of para-hydroxylation sites is 3. The second kappa shape index (κ2) is 18.4. The maximum absolute atomic E-state index is 2.47. The topological polar surface area (TPSA) is 6.48 Å². The van der Waals surface area contributed by atoms with Gasteiger partial charge in [-0.1, -0.05) is 218 Å². The average Bonchev–Trinajstić information content (AvgIpc) is 4.00. The molecule has 0 aromatic heterocycles. The minimum Gasteiger partial charge on any atom is -0.311 e. The minimum atomic E-state index is -0.440. The van der Waals surface area contributed by atoms with Gasteiger partial charge in [0, 0.05) is 34.1 Å². The molecule has 2 aliphatic rings. The van der Waals surface area contributed by atoms with Crippen LogP contribution in [0.15, 0.2) is 303 Å². The van der Waals surface area contributed by atoms with Gasteiger partial charge in [-0.3, -0.25) is 0 Å². The van der Waals surface area contributed by atoms with Crippen LogP contribution in [0, 0.1) is 0 Å². The van der Waals surface area contributed by atoms with Crippen LogP contribution >= 0.6 is 0 Å².